The molecule has 0 aliphatic carbocycles. The maximum Gasteiger partial charge on any atom is 0.127 e. The molecule has 0 bridgehead atoms. The van der Waals surface area contributed by atoms with Crippen molar-refractivity contribution < 1.29 is 18.3 Å². The molecule has 0 radical (unpaired) electrons. The first-order valence-electron chi connectivity index (χ1n) is 5.59. The molecule has 1 saturated heterocycles. The minimum absolute atomic E-state index is 0.0135. The third-order valence-corrected chi connectivity index (χ3v) is 2.58. The van der Waals surface area contributed by atoms with Gasteiger partial charge in [0.1, 0.15) is 11.6 Å². The van der Waals surface area contributed by atoms with Crippen LogP contribution in [0.4, 0.5) is 8.78 Å². The van der Waals surface area contributed by atoms with Crippen molar-refractivity contribution in [2.45, 2.75) is 12.6 Å². The highest BCUT2D eigenvalue weighted by molar-refractivity contribution is 5.18. The van der Waals surface area contributed by atoms with Gasteiger partial charge in [-0.05, 0) is 18.2 Å². The van der Waals surface area contributed by atoms with Crippen LogP contribution in [0.3, 0.4) is 0 Å². The summed E-state index contributed by atoms with van der Waals surface area (Å²) in [6.45, 7) is 2.59. The van der Waals surface area contributed by atoms with Crippen LogP contribution >= 0.6 is 0 Å². The van der Waals surface area contributed by atoms with Gasteiger partial charge in [-0.15, -0.1) is 0 Å². The molecule has 0 aromatic heterocycles. The Morgan fingerprint density at radius 2 is 2.18 bits per heavy atom. The Morgan fingerprint density at radius 1 is 1.29 bits per heavy atom. The normalized spacial score (nSPS) is 20.5. The van der Waals surface area contributed by atoms with E-state index in [9.17, 15) is 8.78 Å². The lowest BCUT2D eigenvalue weighted by Crippen LogP contribution is -2.37. The Bertz CT molecular complexity index is 368. The Morgan fingerprint density at radius 3 is 2.94 bits per heavy atom. The first-order valence-corrected chi connectivity index (χ1v) is 5.59. The van der Waals surface area contributed by atoms with Crippen molar-refractivity contribution in [3.05, 3.63) is 35.4 Å². The lowest BCUT2D eigenvalue weighted by atomic mass is 10.2. The summed E-state index contributed by atoms with van der Waals surface area (Å²) in [4.78, 5) is 0. The Labute approximate surface area is 98.7 Å². The quantitative estimate of drug-likeness (QED) is 0.868. The number of hydrogen-bond donors (Lipinski definition) is 1. The smallest absolute Gasteiger partial charge is 0.127 e. The van der Waals surface area contributed by atoms with Crippen LogP contribution in [0.5, 0.6) is 0 Å². The number of ether oxygens (including phenoxy) is 2. The Kier molecular flexibility index (Phi) is 4.42. The topological polar surface area (TPSA) is 30.5 Å². The first kappa shape index (κ1) is 12.4. The second-order valence-electron chi connectivity index (χ2n) is 3.93. The fourth-order valence-electron chi connectivity index (χ4n) is 1.70. The molecule has 5 heteroatoms. The Balaban J connectivity index is 1.79. The van der Waals surface area contributed by atoms with E-state index in [1.165, 1.54) is 6.07 Å². The molecule has 94 valence electrons. The van der Waals surface area contributed by atoms with Gasteiger partial charge in [-0.1, -0.05) is 0 Å². The monoisotopic (exact) mass is 243 g/mol. The van der Waals surface area contributed by atoms with Crippen molar-refractivity contribution in [1.82, 2.24) is 5.32 Å². The van der Waals surface area contributed by atoms with Gasteiger partial charge in [0.15, 0.2) is 0 Å². The van der Waals surface area contributed by atoms with E-state index in [0.717, 1.165) is 12.1 Å². The van der Waals surface area contributed by atoms with Gasteiger partial charge in [-0.3, -0.25) is 0 Å². The summed E-state index contributed by atoms with van der Waals surface area (Å²) < 4.78 is 36.8. The summed E-state index contributed by atoms with van der Waals surface area (Å²) in [5.74, 6) is -0.833. The number of nitrogens with one attached hydrogen (secondary N) is 1. The van der Waals surface area contributed by atoms with Crippen LogP contribution in [-0.4, -0.2) is 32.5 Å². The largest absolute Gasteiger partial charge is 0.376 e. The molecule has 1 aliphatic heterocycles. The van der Waals surface area contributed by atoms with Crippen LogP contribution in [0.15, 0.2) is 18.2 Å². The van der Waals surface area contributed by atoms with Gasteiger partial charge < -0.3 is 14.8 Å². The van der Waals surface area contributed by atoms with Crippen molar-refractivity contribution in [2.75, 3.05) is 26.4 Å². The van der Waals surface area contributed by atoms with Crippen molar-refractivity contribution in [1.29, 1.82) is 0 Å². The maximum atomic E-state index is 13.3. The summed E-state index contributed by atoms with van der Waals surface area (Å²) in [6.07, 6.45) is -0.0135. The van der Waals surface area contributed by atoms with Crippen molar-refractivity contribution in [2.24, 2.45) is 0 Å². The van der Waals surface area contributed by atoms with Gasteiger partial charge in [0.05, 0.1) is 25.9 Å². The zero-order valence-corrected chi connectivity index (χ0v) is 9.42. The van der Waals surface area contributed by atoms with Gasteiger partial charge in [0.2, 0.25) is 0 Å². The molecule has 3 nitrogen and oxygen atoms in total. The average Bonchev–Trinajstić information content (AvgIpc) is 2.35. The van der Waals surface area contributed by atoms with E-state index < -0.39 is 11.6 Å². The van der Waals surface area contributed by atoms with E-state index in [2.05, 4.69) is 5.32 Å². The molecule has 0 spiro atoms. The van der Waals surface area contributed by atoms with Crippen LogP contribution in [0.25, 0.3) is 0 Å². The zero-order chi connectivity index (χ0) is 12.1. The molecule has 1 aromatic carbocycles. The molecule has 1 fully saturated rings. The number of rotatable bonds is 4. The van der Waals surface area contributed by atoms with E-state index >= 15 is 0 Å². The molecule has 1 unspecified atom stereocenters. The minimum atomic E-state index is -0.430. The van der Waals surface area contributed by atoms with E-state index in [1.807, 2.05) is 0 Å². The highest BCUT2D eigenvalue weighted by Crippen LogP contribution is 2.09. The standard InChI is InChI=1S/C12H15F2NO2/c13-10-1-2-12(14)9(5-10)6-15-7-11-8-16-3-4-17-11/h1-2,5,11,15H,3-4,6-8H2. The molecule has 0 saturated carbocycles. The van der Waals surface area contributed by atoms with Crippen LogP contribution in [0.2, 0.25) is 0 Å². The van der Waals surface area contributed by atoms with Gasteiger partial charge >= 0.3 is 0 Å². The number of benzene rings is 1. The number of hydrogen-bond acceptors (Lipinski definition) is 3. The van der Waals surface area contributed by atoms with Crippen LogP contribution < -0.4 is 5.32 Å². The minimum Gasteiger partial charge on any atom is -0.376 e. The second kappa shape index (κ2) is 6.05. The fraction of sp³-hybridized carbons (Fsp3) is 0.500. The van der Waals surface area contributed by atoms with Crippen LogP contribution in [0.1, 0.15) is 5.56 Å². The van der Waals surface area contributed by atoms with Crippen molar-refractivity contribution in [3.8, 4) is 0 Å². The predicted octanol–water partition coefficient (Wildman–Crippen LogP) is 1.47. The predicted molar refractivity (Wildman–Crippen MR) is 58.6 cm³/mol. The first-order chi connectivity index (χ1) is 8.25. The molecule has 2 rings (SSSR count). The van der Waals surface area contributed by atoms with E-state index in [-0.39, 0.29) is 12.6 Å². The van der Waals surface area contributed by atoms with E-state index in [0.29, 0.717) is 31.9 Å². The second-order valence-corrected chi connectivity index (χ2v) is 3.93. The van der Waals surface area contributed by atoms with E-state index in [1.54, 1.807) is 0 Å². The maximum absolute atomic E-state index is 13.3. The fourth-order valence-corrected chi connectivity index (χ4v) is 1.70. The highest BCUT2D eigenvalue weighted by atomic mass is 19.1. The zero-order valence-electron chi connectivity index (χ0n) is 9.42. The highest BCUT2D eigenvalue weighted by Gasteiger charge is 2.13. The lowest BCUT2D eigenvalue weighted by molar-refractivity contribution is -0.0864. The Hall–Kier alpha value is -1.04. The van der Waals surface area contributed by atoms with Gasteiger partial charge in [-0.2, -0.15) is 0 Å². The van der Waals surface area contributed by atoms with Crippen molar-refractivity contribution >= 4 is 0 Å². The van der Waals surface area contributed by atoms with Gasteiger partial charge in [-0.25, -0.2) is 8.78 Å². The van der Waals surface area contributed by atoms with Crippen LogP contribution in [-0.2, 0) is 16.0 Å². The van der Waals surface area contributed by atoms with Crippen molar-refractivity contribution in [3.63, 3.8) is 0 Å². The van der Waals surface area contributed by atoms with Crippen LogP contribution in [0, 0.1) is 11.6 Å². The molecule has 1 N–H and O–H groups in total. The third kappa shape index (κ3) is 3.73. The lowest BCUT2D eigenvalue weighted by Gasteiger charge is -2.23. The van der Waals surface area contributed by atoms with E-state index in [4.69, 9.17) is 9.47 Å². The summed E-state index contributed by atoms with van der Waals surface area (Å²) in [7, 11) is 0. The van der Waals surface area contributed by atoms with Gasteiger partial charge in [0.25, 0.3) is 0 Å². The summed E-state index contributed by atoms with van der Waals surface area (Å²) >= 11 is 0. The molecule has 0 amide bonds. The molecule has 1 aliphatic rings. The molecule has 1 atom stereocenters. The molecular weight excluding hydrogens is 228 g/mol. The summed E-state index contributed by atoms with van der Waals surface area (Å²) in [5.41, 5.74) is 0.321. The molecule has 1 heterocycles. The average molecular weight is 243 g/mol. The molecular formula is C12H15F2NO2. The molecule has 17 heavy (non-hydrogen) atoms. The summed E-state index contributed by atoms with van der Waals surface area (Å²) in [5, 5.41) is 3.03. The third-order valence-electron chi connectivity index (χ3n) is 2.58. The number of halogens is 2. The SMILES string of the molecule is Fc1ccc(F)c(CNCC2COCCO2)c1. The molecule has 1 aromatic rings. The summed E-state index contributed by atoms with van der Waals surface area (Å²) in [6, 6.07) is 3.43. The van der Waals surface area contributed by atoms with Gasteiger partial charge in [0, 0.05) is 18.7 Å².